The van der Waals surface area contributed by atoms with Crippen LogP contribution in [-0.4, -0.2) is 29.5 Å². The number of halogens is 1. The molecule has 1 fully saturated rings. The summed E-state index contributed by atoms with van der Waals surface area (Å²) in [7, 11) is 0. The molecule has 0 aliphatic heterocycles. The number of carbonyl (C=O) groups is 2. The molecule has 2 amide bonds. The Labute approximate surface area is 139 Å². The molecule has 0 radical (unpaired) electrons. The third-order valence-corrected chi connectivity index (χ3v) is 5.05. The molecule has 122 valence electrons. The van der Waals surface area contributed by atoms with Crippen molar-refractivity contribution in [2.75, 3.05) is 6.54 Å². The van der Waals surface area contributed by atoms with Crippen molar-refractivity contribution in [3.8, 4) is 0 Å². The van der Waals surface area contributed by atoms with Gasteiger partial charge in [0.25, 0.3) is 0 Å². The van der Waals surface area contributed by atoms with Gasteiger partial charge in [-0.05, 0) is 25.0 Å². The SMILES string of the molecule is O=C(CCC(=O)NC1CCCC1)NCC(O)c1ccc(Cl)s1. The van der Waals surface area contributed by atoms with E-state index in [1.54, 1.807) is 12.1 Å². The Kier molecular flexibility index (Phi) is 6.67. The lowest BCUT2D eigenvalue weighted by Gasteiger charge is -2.12. The van der Waals surface area contributed by atoms with Gasteiger partial charge in [0.05, 0.1) is 4.34 Å². The highest BCUT2D eigenvalue weighted by Crippen LogP contribution is 2.26. The third-order valence-electron chi connectivity index (χ3n) is 3.71. The Morgan fingerprint density at radius 3 is 2.59 bits per heavy atom. The fraction of sp³-hybridized carbons (Fsp3) is 0.600. The van der Waals surface area contributed by atoms with Crippen LogP contribution < -0.4 is 10.6 Å². The van der Waals surface area contributed by atoms with Gasteiger partial charge < -0.3 is 15.7 Å². The molecular formula is C15H21ClN2O3S. The Hall–Kier alpha value is -1.11. The molecule has 1 aliphatic rings. The van der Waals surface area contributed by atoms with Crippen molar-refractivity contribution in [3.63, 3.8) is 0 Å². The predicted molar refractivity (Wildman–Crippen MR) is 86.9 cm³/mol. The zero-order chi connectivity index (χ0) is 15.9. The van der Waals surface area contributed by atoms with Gasteiger partial charge >= 0.3 is 0 Å². The van der Waals surface area contributed by atoms with Crippen LogP contribution >= 0.6 is 22.9 Å². The van der Waals surface area contributed by atoms with Crippen LogP contribution in [0.25, 0.3) is 0 Å². The van der Waals surface area contributed by atoms with Crippen LogP contribution in [0.3, 0.4) is 0 Å². The fourth-order valence-corrected chi connectivity index (χ4v) is 3.55. The average Bonchev–Trinajstić information content (AvgIpc) is 3.14. The maximum Gasteiger partial charge on any atom is 0.220 e. The number of thiophene rings is 1. The number of rotatable bonds is 7. The highest BCUT2D eigenvalue weighted by molar-refractivity contribution is 7.16. The van der Waals surface area contributed by atoms with E-state index in [2.05, 4.69) is 10.6 Å². The second-order valence-electron chi connectivity index (χ2n) is 5.51. The van der Waals surface area contributed by atoms with Gasteiger partial charge in [0.1, 0.15) is 6.10 Å². The first-order valence-electron chi connectivity index (χ1n) is 7.54. The van der Waals surface area contributed by atoms with Gasteiger partial charge in [-0.3, -0.25) is 9.59 Å². The minimum atomic E-state index is -0.770. The third kappa shape index (κ3) is 5.59. The highest BCUT2D eigenvalue weighted by atomic mass is 35.5. The molecule has 2 rings (SSSR count). The first kappa shape index (κ1) is 17.2. The second kappa shape index (κ2) is 8.50. The minimum Gasteiger partial charge on any atom is -0.386 e. The van der Waals surface area contributed by atoms with Gasteiger partial charge in [-0.25, -0.2) is 0 Å². The summed E-state index contributed by atoms with van der Waals surface area (Å²) in [5, 5.41) is 15.5. The number of hydrogen-bond donors (Lipinski definition) is 3. The average molecular weight is 345 g/mol. The summed E-state index contributed by atoms with van der Waals surface area (Å²) < 4.78 is 0.601. The molecule has 1 atom stereocenters. The molecular weight excluding hydrogens is 324 g/mol. The summed E-state index contributed by atoms with van der Waals surface area (Å²) in [5.74, 6) is -0.309. The van der Waals surface area contributed by atoms with Crippen LogP contribution in [-0.2, 0) is 9.59 Å². The molecule has 0 aromatic carbocycles. The molecule has 0 spiro atoms. The summed E-state index contributed by atoms with van der Waals surface area (Å²) in [4.78, 5) is 24.1. The first-order chi connectivity index (χ1) is 10.5. The Morgan fingerprint density at radius 2 is 1.95 bits per heavy atom. The number of aliphatic hydroxyl groups excluding tert-OH is 1. The van der Waals surface area contributed by atoms with Gasteiger partial charge in [-0.1, -0.05) is 24.4 Å². The lowest BCUT2D eigenvalue weighted by molar-refractivity contribution is -0.127. The van der Waals surface area contributed by atoms with Crippen LogP contribution in [0.4, 0.5) is 0 Å². The van der Waals surface area contributed by atoms with Crippen LogP contribution in [0, 0.1) is 0 Å². The van der Waals surface area contributed by atoms with Crippen molar-refractivity contribution >= 4 is 34.8 Å². The summed E-state index contributed by atoms with van der Waals surface area (Å²) in [6, 6.07) is 3.72. The summed E-state index contributed by atoms with van der Waals surface area (Å²) in [5.41, 5.74) is 0. The van der Waals surface area contributed by atoms with Gasteiger partial charge in [0.2, 0.25) is 11.8 Å². The van der Waals surface area contributed by atoms with Crippen molar-refractivity contribution in [2.24, 2.45) is 0 Å². The molecule has 1 aromatic heterocycles. The molecule has 1 aliphatic carbocycles. The topological polar surface area (TPSA) is 78.4 Å². The smallest absolute Gasteiger partial charge is 0.220 e. The standard InChI is InChI=1S/C15H21ClN2O3S/c16-13-6-5-12(22-13)11(19)9-17-14(20)7-8-15(21)18-10-3-1-2-4-10/h5-6,10-11,19H,1-4,7-9H2,(H,17,20)(H,18,21). The molecule has 0 saturated heterocycles. The molecule has 5 nitrogen and oxygen atoms in total. The summed E-state index contributed by atoms with van der Waals surface area (Å²) in [6.45, 7) is 0.125. The molecule has 1 heterocycles. The van der Waals surface area contributed by atoms with Crippen LogP contribution in [0.2, 0.25) is 4.34 Å². The lowest BCUT2D eigenvalue weighted by atomic mass is 10.2. The van der Waals surface area contributed by atoms with Crippen molar-refractivity contribution in [2.45, 2.75) is 50.7 Å². The number of hydrogen-bond acceptors (Lipinski definition) is 4. The Morgan fingerprint density at radius 1 is 1.27 bits per heavy atom. The number of aliphatic hydroxyl groups is 1. The van der Waals surface area contributed by atoms with Crippen LogP contribution in [0.1, 0.15) is 49.5 Å². The van der Waals surface area contributed by atoms with Gasteiger partial charge in [-0.15, -0.1) is 11.3 Å². The van der Waals surface area contributed by atoms with E-state index in [-0.39, 0.29) is 37.2 Å². The molecule has 0 bridgehead atoms. The zero-order valence-electron chi connectivity index (χ0n) is 12.3. The molecule has 1 aromatic rings. The van der Waals surface area contributed by atoms with E-state index < -0.39 is 6.10 Å². The van der Waals surface area contributed by atoms with E-state index in [0.29, 0.717) is 9.21 Å². The zero-order valence-corrected chi connectivity index (χ0v) is 13.9. The molecule has 22 heavy (non-hydrogen) atoms. The number of carbonyl (C=O) groups excluding carboxylic acids is 2. The van der Waals surface area contributed by atoms with Gasteiger partial charge in [0.15, 0.2) is 0 Å². The van der Waals surface area contributed by atoms with E-state index in [1.807, 2.05) is 0 Å². The van der Waals surface area contributed by atoms with Crippen molar-refractivity contribution in [1.82, 2.24) is 10.6 Å². The van der Waals surface area contributed by atoms with E-state index in [0.717, 1.165) is 25.7 Å². The molecule has 1 saturated carbocycles. The van der Waals surface area contributed by atoms with E-state index in [1.165, 1.54) is 11.3 Å². The summed E-state index contributed by atoms with van der Waals surface area (Å²) in [6.07, 6.45) is 3.95. The fourth-order valence-electron chi connectivity index (χ4n) is 2.50. The van der Waals surface area contributed by atoms with E-state index in [4.69, 9.17) is 11.6 Å². The Balaban J connectivity index is 1.62. The maximum absolute atomic E-state index is 11.7. The van der Waals surface area contributed by atoms with E-state index in [9.17, 15) is 14.7 Å². The Bertz CT molecular complexity index is 515. The lowest BCUT2D eigenvalue weighted by Crippen LogP contribution is -2.34. The predicted octanol–water partition coefficient (Wildman–Crippen LogP) is 2.39. The van der Waals surface area contributed by atoms with Crippen LogP contribution in [0.15, 0.2) is 12.1 Å². The number of nitrogens with one attached hydrogen (secondary N) is 2. The minimum absolute atomic E-state index is 0.0763. The van der Waals surface area contributed by atoms with E-state index >= 15 is 0 Å². The molecule has 7 heteroatoms. The maximum atomic E-state index is 11.7. The molecule has 3 N–H and O–H groups in total. The van der Waals surface area contributed by atoms with Gasteiger partial charge in [0, 0.05) is 30.3 Å². The quantitative estimate of drug-likeness (QED) is 0.710. The second-order valence-corrected chi connectivity index (χ2v) is 7.26. The highest BCUT2D eigenvalue weighted by Gasteiger charge is 2.18. The van der Waals surface area contributed by atoms with Crippen molar-refractivity contribution in [3.05, 3.63) is 21.3 Å². The van der Waals surface area contributed by atoms with Gasteiger partial charge in [-0.2, -0.15) is 0 Å². The monoisotopic (exact) mass is 344 g/mol. The molecule has 1 unspecified atom stereocenters. The van der Waals surface area contributed by atoms with Crippen molar-refractivity contribution < 1.29 is 14.7 Å². The largest absolute Gasteiger partial charge is 0.386 e. The van der Waals surface area contributed by atoms with Crippen LogP contribution in [0.5, 0.6) is 0 Å². The summed E-state index contributed by atoms with van der Waals surface area (Å²) >= 11 is 7.08. The normalized spacial score (nSPS) is 16.5. The van der Waals surface area contributed by atoms with Crippen molar-refractivity contribution in [1.29, 1.82) is 0 Å². The first-order valence-corrected chi connectivity index (χ1v) is 8.73. The number of amides is 2.